The molecule has 0 heterocycles. The van der Waals surface area contributed by atoms with E-state index in [0.717, 1.165) is 0 Å². The van der Waals surface area contributed by atoms with Gasteiger partial charge in [-0.3, -0.25) is 14.9 Å². The first-order chi connectivity index (χ1) is 9.03. The largest absolute Gasteiger partial charge is 0.466 e. The summed E-state index contributed by atoms with van der Waals surface area (Å²) in [6, 6.07) is 4.28. The average Bonchev–Trinajstić information content (AvgIpc) is 2.37. The molecule has 0 aliphatic rings. The van der Waals surface area contributed by atoms with Crippen molar-refractivity contribution in [2.45, 2.75) is 20.0 Å². The summed E-state index contributed by atoms with van der Waals surface area (Å²) in [6.07, 6.45) is -0.158. The van der Waals surface area contributed by atoms with E-state index >= 15 is 0 Å². The molecule has 0 aliphatic carbocycles. The second kappa shape index (κ2) is 6.47. The van der Waals surface area contributed by atoms with Crippen LogP contribution in [0.15, 0.2) is 12.1 Å². The minimum Gasteiger partial charge on any atom is -0.466 e. The fourth-order valence-corrected chi connectivity index (χ4v) is 1.62. The van der Waals surface area contributed by atoms with E-state index in [9.17, 15) is 14.9 Å². The molecule has 0 aromatic heterocycles. The van der Waals surface area contributed by atoms with Crippen LogP contribution in [0.3, 0.4) is 0 Å². The van der Waals surface area contributed by atoms with Gasteiger partial charge in [0.05, 0.1) is 41.8 Å². The SMILES string of the molecule is CCOC(=O)Cc1cc(C#N)c(CO)c([N+](=O)[O-])c1. The molecule has 1 rings (SSSR count). The zero-order chi connectivity index (χ0) is 14.4. The maximum atomic E-state index is 11.3. The predicted octanol–water partition coefficient (Wildman–Crippen LogP) is 1.06. The maximum absolute atomic E-state index is 11.3. The fraction of sp³-hybridized carbons (Fsp3) is 0.333. The van der Waals surface area contributed by atoms with Crippen LogP contribution in [-0.4, -0.2) is 22.6 Å². The lowest BCUT2D eigenvalue weighted by molar-refractivity contribution is -0.385. The summed E-state index contributed by atoms with van der Waals surface area (Å²) in [5.74, 6) is -0.530. The molecule has 0 spiro atoms. The van der Waals surface area contributed by atoms with Crippen LogP contribution in [0, 0.1) is 21.4 Å². The molecule has 0 aliphatic heterocycles. The van der Waals surface area contributed by atoms with Gasteiger partial charge in [0.1, 0.15) is 0 Å². The van der Waals surface area contributed by atoms with Gasteiger partial charge >= 0.3 is 5.97 Å². The Morgan fingerprint density at radius 1 is 1.58 bits per heavy atom. The van der Waals surface area contributed by atoms with Crippen LogP contribution in [0.2, 0.25) is 0 Å². The van der Waals surface area contributed by atoms with E-state index in [0.29, 0.717) is 5.56 Å². The van der Waals surface area contributed by atoms with Crippen molar-refractivity contribution in [3.63, 3.8) is 0 Å². The first-order valence-electron chi connectivity index (χ1n) is 5.50. The highest BCUT2D eigenvalue weighted by atomic mass is 16.6. The average molecular weight is 264 g/mol. The lowest BCUT2D eigenvalue weighted by Crippen LogP contribution is -2.09. The molecule has 0 bridgehead atoms. The van der Waals surface area contributed by atoms with Crippen molar-refractivity contribution in [3.05, 3.63) is 38.9 Å². The molecule has 1 N–H and O–H groups in total. The van der Waals surface area contributed by atoms with Crippen molar-refractivity contribution in [1.82, 2.24) is 0 Å². The molecule has 7 heteroatoms. The van der Waals surface area contributed by atoms with E-state index in [2.05, 4.69) is 0 Å². The number of carbonyl (C=O) groups is 1. The van der Waals surface area contributed by atoms with Gasteiger partial charge in [-0.05, 0) is 18.6 Å². The zero-order valence-corrected chi connectivity index (χ0v) is 10.3. The van der Waals surface area contributed by atoms with Gasteiger partial charge in [-0.2, -0.15) is 5.26 Å². The zero-order valence-electron chi connectivity index (χ0n) is 10.3. The van der Waals surface area contributed by atoms with Gasteiger partial charge in [-0.1, -0.05) is 0 Å². The Bertz CT molecular complexity index is 548. The molecule has 0 amide bonds. The summed E-state index contributed by atoms with van der Waals surface area (Å²) < 4.78 is 4.74. The van der Waals surface area contributed by atoms with Gasteiger partial charge in [-0.25, -0.2) is 0 Å². The monoisotopic (exact) mass is 264 g/mol. The molecule has 0 saturated heterocycles. The fourth-order valence-electron chi connectivity index (χ4n) is 1.62. The van der Waals surface area contributed by atoms with Gasteiger partial charge in [0.15, 0.2) is 0 Å². The minimum absolute atomic E-state index is 0.0176. The van der Waals surface area contributed by atoms with Crippen LogP contribution in [0.4, 0.5) is 5.69 Å². The lowest BCUT2D eigenvalue weighted by Gasteiger charge is -2.06. The molecule has 0 atom stereocenters. The number of aliphatic hydroxyl groups excluding tert-OH is 1. The van der Waals surface area contributed by atoms with Crippen LogP contribution < -0.4 is 0 Å². The molecule has 1 aromatic rings. The summed E-state index contributed by atoms with van der Waals surface area (Å²) >= 11 is 0. The second-order valence-corrected chi connectivity index (χ2v) is 3.65. The van der Waals surface area contributed by atoms with Crippen LogP contribution in [0.1, 0.15) is 23.6 Å². The van der Waals surface area contributed by atoms with Crippen LogP contribution >= 0.6 is 0 Å². The minimum atomic E-state index is -0.693. The Kier molecular flexibility index (Phi) is 4.97. The smallest absolute Gasteiger partial charge is 0.310 e. The summed E-state index contributed by atoms with van der Waals surface area (Å²) in [4.78, 5) is 21.5. The number of ether oxygens (including phenoxy) is 1. The number of benzene rings is 1. The molecule has 0 fully saturated rings. The number of hydrogen-bond acceptors (Lipinski definition) is 6. The van der Waals surface area contributed by atoms with Gasteiger partial charge in [0.2, 0.25) is 0 Å². The number of esters is 1. The van der Waals surface area contributed by atoms with E-state index in [1.54, 1.807) is 13.0 Å². The first-order valence-corrected chi connectivity index (χ1v) is 5.50. The number of nitrogens with zero attached hydrogens (tertiary/aromatic N) is 2. The highest BCUT2D eigenvalue weighted by molar-refractivity contribution is 5.73. The number of hydrogen-bond donors (Lipinski definition) is 1. The number of nitro benzene ring substituents is 1. The summed E-state index contributed by atoms with van der Waals surface area (Å²) in [5.41, 5.74) is -0.143. The van der Waals surface area contributed by atoms with Crippen molar-refractivity contribution in [2.75, 3.05) is 6.61 Å². The third kappa shape index (κ3) is 3.50. The van der Waals surface area contributed by atoms with E-state index in [-0.39, 0.29) is 29.8 Å². The topological polar surface area (TPSA) is 113 Å². The number of carbonyl (C=O) groups excluding carboxylic acids is 1. The molecular weight excluding hydrogens is 252 g/mol. The highest BCUT2D eigenvalue weighted by Crippen LogP contribution is 2.25. The molecule has 19 heavy (non-hydrogen) atoms. The van der Waals surface area contributed by atoms with Gasteiger partial charge in [0.25, 0.3) is 5.69 Å². The molecule has 100 valence electrons. The van der Waals surface area contributed by atoms with E-state index in [4.69, 9.17) is 15.1 Å². The summed E-state index contributed by atoms with van der Waals surface area (Å²) in [6.45, 7) is 1.25. The Hall–Kier alpha value is -2.46. The number of nitriles is 1. The van der Waals surface area contributed by atoms with E-state index in [1.165, 1.54) is 12.1 Å². The first kappa shape index (κ1) is 14.6. The second-order valence-electron chi connectivity index (χ2n) is 3.65. The molecule has 0 saturated carbocycles. The van der Waals surface area contributed by atoms with E-state index < -0.39 is 17.5 Å². The Balaban J connectivity index is 3.22. The van der Waals surface area contributed by atoms with Crippen LogP contribution in [0.25, 0.3) is 0 Å². The number of aliphatic hydroxyl groups is 1. The van der Waals surface area contributed by atoms with Crippen LogP contribution in [0.5, 0.6) is 0 Å². The van der Waals surface area contributed by atoms with Gasteiger partial charge in [-0.15, -0.1) is 0 Å². The third-order valence-corrected chi connectivity index (χ3v) is 2.42. The molecule has 7 nitrogen and oxygen atoms in total. The van der Waals surface area contributed by atoms with E-state index in [1.807, 2.05) is 0 Å². The lowest BCUT2D eigenvalue weighted by atomic mass is 10.0. The van der Waals surface area contributed by atoms with Crippen molar-refractivity contribution < 1.29 is 19.6 Å². The standard InChI is InChI=1S/C12H12N2O5/c1-2-19-12(16)5-8-3-9(6-13)10(7-15)11(4-8)14(17)18/h3-4,15H,2,5,7H2,1H3. The summed E-state index contributed by atoms with van der Waals surface area (Å²) in [5, 5.41) is 28.9. The molecule has 0 unspecified atom stereocenters. The quantitative estimate of drug-likeness (QED) is 0.483. The predicted molar refractivity (Wildman–Crippen MR) is 64.1 cm³/mol. The van der Waals surface area contributed by atoms with Gasteiger partial charge in [0, 0.05) is 6.07 Å². The molecular formula is C12H12N2O5. The summed E-state index contributed by atoms with van der Waals surface area (Å²) in [7, 11) is 0. The van der Waals surface area contributed by atoms with Crippen molar-refractivity contribution >= 4 is 11.7 Å². The van der Waals surface area contributed by atoms with Crippen molar-refractivity contribution in [1.29, 1.82) is 5.26 Å². The number of nitro groups is 1. The molecule has 0 radical (unpaired) electrons. The van der Waals surface area contributed by atoms with Crippen molar-refractivity contribution in [2.24, 2.45) is 0 Å². The Morgan fingerprint density at radius 2 is 2.26 bits per heavy atom. The molecule has 1 aromatic carbocycles. The maximum Gasteiger partial charge on any atom is 0.310 e. The van der Waals surface area contributed by atoms with Crippen LogP contribution in [-0.2, 0) is 22.6 Å². The van der Waals surface area contributed by atoms with Crippen molar-refractivity contribution in [3.8, 4) is 6.07 Å². The Morgan fingerprint density at radius 3 is 2.74 bits per heavy atom. The third-order valence-electron chi connectivity index (χ3n) is 2.42. The van der Waals surface area contributed by atoms with Gasteiger partial charge < -0.3 is 9.84 Å². The number of rotatable bonds is 5. The normalized spacial score (nSPS) is 9.74. The highest BCUT2D eigenvalue weighted by Gasteiger charge is 2.20. The Labute approximate surface area is 109 Å².